The minimum absolute atomic E-state index is 0.243. The van der Waals surface area contributed by atoms with Crippen molar-refractivity contribution >= 4 is 0 Å². The summed E-state index contributed by atoms with van der Waals surface area (Å²) < 4.78 is 27.5. The Labute approximate surface area is 146 Å². The number of nitriles is 1. The maximum Gasteiger partial charge on any atom is 0.159 e. The molecular formula is C20H21F2N3. The van der Waals surface area contributed by atoms with E-state index in [1.807, 2.05) is 0 Å². The van der Waals surface area contributed by atoms with Gasteiger partial charge in [0.15, 0.2) is 5.82 Å². The van der Waals surface area contributed by atoms with Crippen molar-refractivity contribution in [2.75, 3.05) is 0 Å². The molecule has 1 aliphatic carbocycles. The summed E-state index contributed by atoms with van der Waals surface area (Å²) in [5, 5.41) is 8.73. The topological polar surface area (TPSA) is 49.6 Å². The van der Waals surface area contributed by atoms with Gasteiger partial charge in [-0.15, -0.1) is 0 Å². The van der Waals surface area contributed by atoms with Crippen LogP contribution >= 0.6 is 0 Å². The molecule has 25 heavy (non-hydrogen) atoms. The van der Waals surface area contributed by atoms with E-state index in [4.69, 9.17) is 5.26 Å². The molecule has 2 aromatic rings. The zero-order chi connectivity index (χ0) is 17.8. The third-order valence-electron chi connectivity index (χ3n) is 5.10. The van der Waals surface area contributed by atoms with Crippen molar-refractivity contribution in [2.24, 2.45) is 5.92 Å². The van der Waals surface area contributed by atoms with Crippen molar-refractivity contribution in [3.63, 3.8) is 0 Å². The lowest BCUT2D eigenvalue weighted by Gasteiger charge is -2.28. The van der Waals surface area contributed by atoms with Crippen molar-refractivity contribution in [3.8, 4) is 17.5 Å². The third-order valence-corrected chi connectivity index (χ3v) is 5.10. The van der Waals surface area contributed by atoms with E-state index in [0.717, 1.165) is 36.5 Å². The Morgan fingerprint density at radius 2 is 1.68 bits per heavy atom. The number of hydrogen-bond acceptors (Lipinski definition) is 3. The summed E-state index contributed by atoms with van der Waals surface area (Å²) in [6.07, 6.45) is 10.9. The molecule has 0 radical (unpaired) electrons. The van der Waals surface area contributed by atoms with Crippen LogP contribution in [0.4, 0.5) is 8.78 Å². The molecule has 0 aliphatic heterocycles. The highest BCUT2D eigenvalue weighted by atomic mass is 19.1. The van der Waals surface area contributed by atoms with Crippen molar-refractivity contribution in [1.29, 1.82) is 5.26 Å². The molecule has 0 atom stereocenters. The summed E-state index contributed by atoms with van der Waals surface area (Å²) >= 11 is 0. The van der Waals surface area contributed by atoms with Gasteiger partial charge in [0, 0.05) is 18.0 Å². The standard InChI is InChI=1S/C20H21F2N3/c1-2-3-13-4-6-14(7-5-13)16-11-24-20(25-12-16)15-8-18(21)17(10-23)19(22)9-15/h8-9,11-14H,2-7H2,1H3. The molecule has 0 amide bonds. The first kappa shape index (κ1) is 17.5. The molecule has 1 aromatic carbocycles. The van der Waals surface area contributed by atoms with Crippen LogP contribution in [0.1, 0.15) is 62.5 Å². The molecule has 130 valence electrons. The van der Waals surface area contributed by atoms with Crippen LogP contribution in [0.25, 0.3) is 11.4 Å². The quantitative estimate of drug-likeness (QED) is 0.751. The Morgan fingerprint density at radius 3 is 2.20 bits per heavy atom. The van der Waals surface area contributed by atoms with Gasteiger partial charge in [-0.2, -0.15) is 5.26 Å². The maximum absolute atomic E-state index is 13.7. The zero-order valence-electron chi connectivity index (χ0n) is 14.3. The Bertz CT molecular complexity index is 750. The minimum atomic E-state index is -0.889. The number of nitrogens with zero attached hydrogens (tertiary/aromatic N) is 3. The predicted molar refractivity (Wildman–Crippen MR) is 91.7 cm³/mol. The molecule has 0 saturated heterocycles. The van der Waals surface area contributed by atoms with Crippen molar-refractivity contribution < 1.29 is 8.78 Å². The Morgan fingerprint density at radius 1 is 1.08 bits per heavy atom. The summed E-state index contributed by atoms with van der Waals surface area (Å²) in [6, 6.07) is 3.72. The minimum Gasteiger partial charge on any atom is -0.236 e. The number of halogens is 2. The molecule has 1 aromatic heterocycles. The van der Waals surface area contributed by atoms with Crippen molar-refractivity contribution in [1.82, 2.24) is 9.97 Å². The maximum atomic E-state index is 13.7. The van der Waals surface area contributed by atoms with E-state index in [1.54, 1.807) is 12.4 Å². The Balaban J connectivity index is 1.74. The first-order valence-corrected chi connectivity index (χ1v) is 8.83. The second-order valence-electron chi connectivity index (χ2n) is 6.77. The highest BCUT2D eigenvalue weighted by Crippen LogP contribution is 2.37. The Hall–Kier alpha value is -2.35. The molecule has 3 nitrogen and oxygen atoms in total. The van der Waals surface area contributed by atoms with E-state index < -0.39 is 17.2 Å². The fourth-order valence-corrected chi connectivity index (χ4v) is 3.70. The molecule has 0 spiro atoms. The summed E-state index contributed by atoms with van der Waals surface area (Å²) in [7, 11) is 0. The van der Waals surface area contributed by atoms with Crippen LogP contribution in [0.15, 0.2) is 24.5 Å². The average Bonchev–Trinajstić information content (AvgIpc) is 2.62. The van der Waals surface area contributed by atoms with Gasteiger partial charge in [-0.05, 0) is 55.2 Å². The van der Waals surface area contributed by atoms with E-state index in [0.29, 0.717) is 5.92 Å². The predicted octanol–water partition coefficient (Wildman–Crippen LogP) is 5.37. The van der Waals surface area contributed by atoms with Gasteiger partial charge in [0.2, 0.25) is 0 Å². The molecule has 1 aliphatic rings. The fourth-order valence-electron chi connectivity index (χ4n) is 3.70. The van der Waals surface area contributed by atoms with E-state index in [9.17, 15) is 8.78 Å². The molecule has 0 N–H and O–H groups in total. The second-order valence-corrected chi connectivity index (χ2v) is 6.77. The molecule has 0 bridgehead atoms. The van der Waals surface area contributed by atoms with Gasteiger partial charge in [-0.25, -0.2) is 18.7 Å². The van der Waals surface area contributed by atoms with Gasteiger partial charge in [0.1, 0.15) is 23.3 Å². The van der Waals surface area contributed by atoms with Crippen LogP contribution < -0.4 is 0 Å². The van der Waals surface area contributed by atoms with Gasteiger partial charge in [0.05, 0.1) is 0 Å². The van der Waals surface area contributed by atoms with Gasteiger partial charge in [-0.3, -0.25) is 0 Å². The van der Waals surface area contributed by atoms with Crippen LogP contribution in [0.5, 0.6) is 0 Å². The third kappa shape index (κ3) is 3.84. The van der Waals surface area contributed by atoms with Crippen LogP contribution in [-0.2, 0) is 0 Å². The van der Waals surface area contributed by atoms with Crippen LogP contribution in [0.2, 0.25) is 0 Å². The van der Waals surface area contributed by atoms with E-state index in [2.05, 4.69) is 16.9 Å². The molecule has 1 heterocycles. The van der Waals surface area contributed by atoms with Crippen LogP contribution in [0, 0.1) is 28.9 Å². The first-order valence-electron chi connectivity index (χ1n) is 8.83. The molecular weight excluding hydrogens is 320 g/mol. The summed E-state index contributed by atoms with van der Waals surface area (Å²) in [6.45, 7) is 2.23. The summed E-state index contributed by atoms with van der Waals surface area (Å²) in [5.41, 5.74) is 0.754. The van der Waals surface area contributed by atoms with E-state index in [-0.39, 0.29) is 11.4 Å². The van der Waals surface area contributed by atoms with Crippen molar-refractivity contribution in [3.05, 3.63) is 47.3 Å². The highest BCUT2D eigenvalue weighted by molar-refractivity contribution is 5.57. The monoisotopic (exact) mass is 341 g/mol. The SMILES string of the molecule is CCCC1CCC(c2cnc(-c3cc(F)c(C#N)c(F)c3)nc2)CC1. The number of hydrogen-bond donors (Lipinski definition) is 0. The van der Waals surface area contributed by atoms with E-state index in [1.165, 1.54) is 31.8 Å². The lowest BCUT2D eigenvalue weighted by molar-refractivity contribution is 0.308. The van der Waals surface area contributed by atoms with Crippen molar-refractivity contribution in [2.45, 2.75) is 51.4 Å². The second kappa shape index (κ2) is 7.69. The fraction of sp³-hybridized carbons (Fsp3) is 0.450. The normalized spacial score (nSPS) is 20.2. The zero-order valence-corrected chi connectivity index (χ0v) is 14.3. The highest BCUT2D eigenvalue weighted by Gasteiger charge is 2.22. The Kier molecular flexibility index (Phi) is 5.37. The van der Waals surface area contributed by atoms with Gasteiger partial charge in [0.25, 0.3) is 0 Å². The van der Waals surface area contributed by atoms with Crippen LogP contribution in [-0.4, -0.2) is 9.97 Å². The molecule has 1 saturated carbocycles. The first-order chi connectivity index (χ1) is 12.1. The molecule has 1 fully saturated rings. The van der Waals surface area contributed by atoms with Gasteiger partial charge in [-0.1, -0.05) is 19.8 Å². The molecule has 5 heteroatoms. The number of rotatable bonds is 4. The number of benzene rings is 1. The lowest BCUT2D eigenvalue weighted by atomic mass is 9.78. The summed E-state index contributed by atoms with van der Waals surface area (Å²) in [4.78, 5) is 8.58. The average molecular weight is 341 g/mol. The largest absolute Gasteiger partial charge is 0.236 e. The van der Waals surface area contributed by atoms with Crippen LogP contribution in [0.3, 0.4) is 0 Å². The summed E-state index contributed by atoms with van der Waals surface area (Å²) in [5.74, 6) is -0.202. The smallest absolute Gasteiger partial charge is 0.159 e. The lowest BCUT2D eigenvalue weighted by Crippen LogP contribution is -2.13. The van der Waals surface area contributed by atoms with E-state index >= 15 is 0 Å². The van der Waals surface area contributed by atoms with Gasteiger partial charge >= 0.3 is 0 Å². The number of aromatic nitrogens is 2. The molecule has 3 rings (SSSR count). The molecule has 0 unspecified atom stereocenters. The van der Waals surface area contributed by atoms with Gasteiger partial charge < -0.3 is 0 Å².